The first-order valence-electron chi connectivity index (χ1n) is 5.41. The predicted molar refractivity (Wildman–Crippen MR) is 65.2 cm³/mol. The maximum atomic E-state index is 11.4. The zero-order valence-electron chi connectivity index (χ0n) is 9.08. The summed E-state index contributed by atoms with van der Waals surface area (Å²) >= 11 is 1.45. The van der Waals surface area contributed by atoms with Crippen LogP contribution in [0.5, 0.6) is 0 Å². The lowest BCUT2D eigenvalue weighted by Gasteiger charge is -1.91. The molecule has 0 N–H and O–H groups in total. The lowest BCUT2D eigenvalue weighted by Crippen LogP contribution is -1.89. The molecule has 0 unspecified atom stereocenters. The average molecular weight is 220 g/mol. The lowest BCUT2D eigenvalue weighted by atomic mass is 10.1. The van der Waals surface area contributed by atoms with Crippen molar-refractivity contribution in [2.45, 2.75) is 39.0 Å². The standard InChI is InChI=1S/C13H16OS/c1-2-3-4-5-6-7-9-12(14)13-10-8-11-15-13/h8,10-11H,2-6H2,1H3. The summed E-state index contributed by atoms with van der Waals surface area (Å²) in [5.41, 5.74) is 0. The van der Waals surface area contributed by atoms with Gasteiger partial charge in [0.15, 0.2) is 0 Å². The van der Waals surface area contributed by atoms with E-state index >= 15 is 0 Å². The molecule has 0 aliphatic carbocycles. The van der Waals surface area contributed by atoms with Crippen molar-refractivity contribution in [3.63, 3.8) is 0 Å². The van der Waals surface area contributed by atoms with Gasteiger partial charge in [-0.3, -0.25) is 4.79 Å². The quantitative estimate of drug-likeness (QED) is 0.318. The molecule has 0 amide bonds. The third-order valence-electron chi connectivity index (χ3n) is 2.10. The summed E-state index contributed by atoms with van der Waals surface area (Å²) < 4.78 is 0. The molecule has 0 spiro atoms. The van der Waals surface area contributed by atoms with E-state index in [2.05, 4.69) is 18.8 Å². The first kappa shape index (κ1) is 12.0. The molecule has 0 aromatic carbocycles. The molecule has 15 heavy (non-hydrogen) atoms. The van der Waals surface area contributed by atoms with Crippen molar-refractivity contribution in [3.05, 3.63) is 22.4 Å². The fraction of sp³-hybridized carbons (Fsp3) is 0.462. The van der Waals surface area contributed by atoms with Crippen LogP contribution in [-0.2, 0) is 0 Å². The molecule has 0 radical (unpaired) electrons. The molecule has 1 rings (SSSR count). The van der Waals surface area contributed by atoms with Crippen molar-refractivity contribution in [3.8, 4) is 11.8 Å². The van der Waals surface area contributed by atoms with Crippen LogP contribution < -0.4 is 0 Å². The Hall–Kier alpha value is -1.07. The Kier molecular flexibility index (Phi) is 5.80. The van der Waals surface area contributed by atoms with Crippen molar-refractivity contribution >= 4 is 17.1 Å². The number of hydrogen-bond acceptors (Lipinski definition) is 2. The molecular formula is C13H16OS. The number of hydrogen-bond donors (Lipinski definition) is 0. The first-order chi connectivity index (χ1) is 7.34. The number of carbonyl (C=O) groups excluding carboxylic acids is 1. The number of rotatable bonds is 5. The molecule has 0 atom stereocenters. The maximum Gasteiger partial charge on any atom is 0.245 e. The molecule has 2 heteroatoms. The molecule has 0 saturated carbocycles. The summed E-state index contributed by atoms with van der Waals surface area (Å²) in [7, 11) is 0. The molecule has 1 nitrogen and oxygen atoms in total. The maximum absolute atomic E-state index is 11.4. The van der Waals surface area contributed by atoms with Crippen molar-refractivity contribution < 1.29 is 4.79 Å². The Labute approximate surface area is 95.5 Å². The number of thiophene rings is 1. The van der Waals surface area contributed by atoms with Gasteiger partial charge in [0.25, 0.3) is 0 Å². The van der Waals surface area contributed by atoms with Gasteiger partial charge in [-0.2, -0.15) is 0 Å². The average Bonchev–Trinajstić information content (AvgIpc) is 2.76. The third kappa shape index (κ3) is 4.80. The molecule has 0 aliphatic rings. The summed E-state index contributed by atoms with van der Waals surface area (Å²) in [6.45, 7) is 2.19. The number of carbonyl (C=O) groups is 1. The van der Waals surface area contributed by atoms with E-state index in [1.165, 1.54) is 30.6 Å². The van der Waals surface area contributed by atoms with E-state index in [0.29, 0.717) is 0 Å². The predicted octanol–water partition coefficient (Wildman–Crippen LogP) is 3.90. The number of Topliss-reactive ketones (excluding diaryl/α,β-unsaturated/α-hetero) is 1. The molecule has 1 aromatic rings. The van der Waals surface area contributed by atoms with Crippen LogP contribution in [-0.4, -0.2) is 5.78 Å². The van der Waals surface area contributed by atoms with E-state index in [4.69, 9.17) is 0 Å². The van der Waals surface area contributed by atoms with Gasteiger partial charge >= 0.3 is 0 Å². The molecule has 80 valence electrons. The van der Waals surface area contributed by atoms with E-state index in [1.54, 1.807) is 0 Å². The summed E-state index contributed by atoms with van der Waals surface area (Å²) in [6.07, 6.45) is 5.68. The van der Waals surface area contributed by atoms with Gasteiger partial charge in [-0.15, -0.1) is 11.3 Å². The van der Waals surface area contributed by atoms with Crippen molar-refractivity contribution in [1.29, 1.82) is 0 Å². The Morgan fingerprint density at radius 2 is 2.27 bits per heavy atom. The Morgan fingerprint density at radius 3 is 2.93 bits per heavy atom. The minimum Gasteiger partial charge on any atom is -0.278 e. The second-order valence-corrected chi connectivity index (χ2v) is 4.37. The molecular weight excluding hydrogens is 204 g/mol. The monoisotopic (exact) mass is 220 g/mol. The highest BCUT2D eigenvalue weighted by Gasteiger charge is 2.00. The molecule has 0 fully saturated rings. The van der Waals surface area contributed by atoms with Crippen LogP contribution in [0.3, 0.4) is 0 Å². The zero-order chi connectivity index (χ0) is 10.9. The van der Waals surface area contributed by atoms with Gasteiger partial charge in [0, 0.05) is 6.42 Å². The highest BCUT2D eigenvalue weighted by Crippen LogP contribution is 2.08. The van der Waals surface area contributed by atoms with Gasteiger partial charge in [-0.1, -0.05) is 38.2 Å². The first-order valence-corrected chi connectivity index (χ1v) is 6.29. The minimum absolute atomic E-state index is 0.0412. The molecule has 1 aromatic heterocycles. The van der Waals surface area contributed by atoms with E-state index < -0.39 is 0 Å². The van der Waals surface area contributed by atoms with Crippen LogP contribution >= 0.6 is 11.3 Å². The van der Waals surface area contributed by atoms with Gasteiger partial charge in [0.05, 0.1) is 4.88 Å². The van der Waals surface area contributed by atoms with Crippen LogP contribution in [0.1, 0.15) is 48.7 Å². The molecule has 0 aliphatic heterocycles. The largest absolute Gasteiger partial charge is 0.278 e. The SMILES string of the molecule is CCCCCCC#CC(=O)c1cccs1. The summed E-state index contributed by atoms with van der Waals surface area (Å²) in [4.78, 5) is 12.2. The van der Waals surface area contributed by atoms with Crippen molar-refractivity contribution in [2.24, 2.45) is 0 Å². The molecule has 1 heterocycles. The van der Waals surface area contributed by atoms with Gasteiger partial charge < -0.3 is 0 Å². The van der Waals surface area contributed by atoms with E-state index in [9.17, 15) is 4.79 Å². The summed E-state index contributed by atoms with van der Waals surface area (Å²) in [5.74, 6) is 5.58. The zero-order valence-corrected chi connectivity index (χ0v) is 9.90. The van der Waals surface area contributed by atoms with Crippen molar-refractivity contribution in [1.82, 2.24) is 0 Å². The smallest absolute Gasteiger partial charge is 0.245 e. The van der Waals surface area contributed by atoms with Gasteiger partial charge in [0.2, 0.25) is 5.78 Å². The van der Waals surface area contributed by atoms with E-state index in [-0.39, 0.29) is 5.78 Å². The Balaban J connectivity index is 2.24. The van der Waals surface area contributed by atoms with Crippen LogP contribution in [0.2, 0.25) is 0 Å². The van der Waals surface area contributed by atoms with E-state index in [0.717, 1.165) is 17.7 Å². The highest BCUT2D eigenvalue weighted by atomic mass is 32.1. The summed E-state index contributed by atoms with van der Waals surface area (Å²) in [5, 5.41) is 1.90. The summed E-state index contributed by atoms with van der Waals surface area (Å²) in [6, 6.07) is 3.69. The van der Waals surface area contributed by atoms with Crippen LogP contribution in [0.25, 0.3) is 0 Å². The van der Waals surface area contributed by atoms with Crippen molar-refractivity contribution in [2.75, 3.05) is 0 Å². The Bertz CT molecular complexity index is 340. The van der Waals surface area contributed by atoms with Gasteiger partial charge in [0.1, 0.15) is 0 Å². The van der Waals surface area contributed by atoms with Gasteiger partial charge in [-0.25, -0.2) is 0 Å². The van der Waals surface area contributed by atoms with E-state index in [1.807, 2.05) is 17.5 Å². The second-order valence-electron chi connectivity index (χ2n) is 3.42. The fourth-order valence-electron chi connectivity index (χ4n) is 1.25. The normalized spacial score (nSPS) is 9.40. The highest BCUT2D eigenvalue weighted by molar-refractivity contribution is 7.12. The number of ketones is 1. The lowest BCUT2D eigenvalue weighted by molar-refractivity contribution is 0.106. The van der Waals surface area contributed by atoms with Crippen LogP contribution in [0.4, 0.5) is 0 Å². The fourth-order valence-corrected chi connectivity index (χ4v) is 1.87. The van der Waals surface area contributed by atoms with Gasteiger partial charge in [-0.05, 0) is 23.8 Å². The van der Waals surface area contributed by atoms with Crippen LogP contribution in [0.15, 0.2) is 17.5 Å². The molecule has 0 saturated heterocycles. The van der Waals surface area contributed by atoms with Crippen LogP contribution in [0, 0.1) is 11.8 Å². The minimum atomic E-state index is -0.0412. The molecule has 0 bridgehead atoms. The topological polar surface area (TPSA) is 17.1 Å². The number of unbranched alkanes of at least 4 members (excludes halogenated alkanes) is 4. The Morgan fingerprint density at radius 1 is 1.40 bits per heavy atom. The third-order valence-corrected chi connectivity index (χ3v) is 2.97. The second kappa shape index (κ2) is 7.25.